The van der Waals surface area contributed by atoms with E-state index in [-0.39, 0.29) is 18.3 Å². The molecule has 0 saturated heterocycles. The van der Waals surface area contributed by atoms with Crippen LogP contribution in [-0.2, 0) is 0 Å². The number of amides is 1. The topological polar surface area (TPSA) is 70.9 Å². The number of anilines is 2. The standard InChI is InChI=1S/C16H15N3O.ClH/c1-10-9-18-15-6-5-13(8-14(10)15)19-16(20)11-3-2-4-12(17)7-11;/h2-9,18H,17H2,1H3,(H,19,20);1H. The van der Waals surface area contributed by atoms with Gasteiger partial charge in [0, 0.05) is 34.0 Å². The molecule has 4 nitrogen and oxygen atoms in total. The van der Waals surface area contributed by atoms with E-state index in [9.17, 15) is 4.79 Å². The second-order valence-corrected chi connectivity index (χ2v) is 4.81. The van der Waals surface area contributed by atoms with Crippen LogP contribution in [0.1, 0.15) is 15.9 Å². The number of rotatable bonds is 2. The summed E-state index contributed by atoms with van der Waals surface area (Å²) in [6.45, 7) is 2.03. The van der Waals surface area contributed by atoms with Gasteiger partial charge < -0.3 is 16.0 Å². The molecule has 0 fully saturated rings. The van der Waals surface area contributed by atoms with E-state index >= 15 is 0 Å². The SMILES string of the molecule is Cc1c[nH]c2ccc(NC(=O)c3cccc(N)c3)cc12.Cl. The molecule has 0 radical (unpaired) electrons. The van der Waals surface area contributed by atoms with Gasteiger partial charge in [-0.3, -0.25) is 4.79 Å². The van der Waals surface area contributed by atoms with Crippen LogP contribution in [0.25, 0.3) is 10.9 Å². The number of carbonyl (C=O) groups is 1. The average molecular weight is 302 g/mol. The molecule has 5 heteroatoms. The summed E-state index contributed by atoms with van der Waals surface area (Å²) in [5, 5.41) is 3.99. The molecular formula is C16H16ClN3O. The lowest BCUT2D eigenvalue weighted by Crippen LogP contribution is -2.12. The highest BCUT2D eigenvalue weighted by atomic mass is 35.5. The first-order valence-corrected chi connectivity index (χ1v) is 6.38. The molecule has 21 heavy (non-hydrogen) atoms. The van der Waals surface area contributed by atoms with Crippen LogP contribution in [0.3, 0.4) is 0 Å². The number of benzene rings is 2. The second kappa shape index (κ2) is 5.89. The fourth-order valence-corrected chi connectivity index (χ4v) is 2.22. The fourth-order valence-electron chi connectivity index (χ4n) is 2.22. The lowest BCUT2D eigenvalue weighted by atomic mass is 10.1. The highest BCUT2D eigenvalue weighted by molar-refractivity contribution is 6.05. The van der Waals surface area contributed by atoms with Gasteiger partial charge in [-0.1, -0.05) is 6.07 Å². The Balaban J connectivity index is 0.00000161. The Morgan fingerprint density at radius 1 is 1.19 bits per heavy atom. The van der Waals surface area contributed by atoms with Crippen molar-refractivity contribution in [2.45, 2.75) is 6.92 Å². The van der Waals surface area contributed by atoms with E-state index < -0.39 is 0 Å². The second-order valence-electron chi connectivity index (χ2n) is 4.81. The van der Waals surface area contributed by atoms with Crippen molar-refractivity contribution in [3.05, 3.63) is 59.8 Å². The van der Waals surface area contributed by atoms with Crippen LogP contribution >= 0.6 is 12.4 Å². The lowest BCUT2D eigenvalue weighted by molar-refractivity contribution is 0.102. The molecule has 1 aromatic heterocycles. The van der Waals surface area contributed by atoms with Crippen LogP contribution in [0.15, 0.2) is 48.7 Å². The number of hydrogen-bond donors (Lipinski definition) is 3. The van der Waals surface area contributed by atoms with Crippen molar-refractivity contribution >= 4 is 40.6 Å². The largest absolute Gasteiger partial charge is 0.399 e. The molecule has 0 spiro atoms. The van der Waals surface area contributed by atoms with Crippen LogP contribution in [0.2, 0.25) is 0 Å². The predicted octanol–water partition coefficient (Wildman–Crippen LogP) is 3.73. The van der Waals surface area contributed by atoms with Crippen molar-refractivity contribution in [1.82, 2.24) is 4.98 Å². The first kappa shape index (κ1) is 14.9. The van der Waals surface area contributed by atoms with Crippen molar-refractivity contribution in [2.24, 2.45) is 0 Å². The number of aromatic nitrogens is 1. The van der Waals surface area contributed by atoms with Crippen molar-refractivity contribution in [2.75, 3.05) is 11.1 Å². The number of aromatic amines is 1. The number of nitrogens with two attached hydrogens (primary N) is 1. The smallest absolute Gasteiger partial charge is 0.255 e. The molecule has 0 aliphatic heterocycles. The van der Waals surface area contributed by atoms with Gasteiger partial charge in [-0.25, -0.2) is 0 Å². The molecule has 0 aliphatic carbocycles. The minimum atomic E-state index is -0.162. The van der Waals surface area contributed by atoms with Crippen LogP contribution in [0.5, 0.6) is 0 Å². The van der Waals surface area contributed by atoms with E-state index in [0.717, 1.165) is 22.2 Å². The Labute approximate surface area is 128 Å². The van der Waals surface area contributed by atoms with Crippen LogP contribution in [-0.4, -0.2) is 10.9 Å². The van der Waals surface area contributed by atoms with Gasteiger partial charge in [-0.15, -0.1) is 12.4 Å². The van der Waals surface area contributed by atoms with Gasteiger partial charge in [0.15, 0.2) is 0 Å². The summed E-state index contributed by atoms with van der Waals surface area (Å²) >= 11 is 0. The highest BCUT2D eigenvalue weighted by Gasteiger charge is 2.07. The van der Waals surface area contributed by atoms with Gasteiger partial charge >= 0.3 is 0 Å². The number of hydrogen-bond acceptors (Lipinski definition) is 2. The summed E-state index contributed by atoms with van der Waals surface area (Å²) in [7, 11) is 0. The maximum absolute atomic E-state index is 12.2. The van der Waals surface area contributed by atoms with Gasteiger partial charge in [0.2, 0.25) is 0 Å². The molecule has 0 unspecified atom stereocenters. The molecule has 3 aromatic rings. The Hall–Kier alpha value is -2.46. The van der Waals surface area contributed by atoms with Crippen LogP contribution in [0.4, 0.5) is 11.4 Å². The van der Waals surface area contributed by atoms with Gasteiger partial charge in [0.25, 0.3) is 5.91 Å². The number of halogens is 1. The molecule has 2 aromatic carbocycles. The van der Waals surface area contributed by atoms with E-state index in [1.807, 2.05) is 31.3 Å². The van der Waals surface area contributed by atoms with E-state index in [2.05, 4.69) is 10.3 Å². The van der Waals surface area contributed by atoms with E-state index in [1.165, 1.54) is 0 Å². The molecule has 3 rings (SSSR count). The minimum Gasteiger partial charge on any atom is -0.399 e. The highest BCUT2D eigenvalue weighted by Crippen LogP contribution is 2.22. The van der Waals surface area contributed by atoms with E-state index in [1.54, 1.807) is 24.3 Å². The third kappa shape index (κ3) is 3.01. The summed E-state index contributed by atoms with van der Waals surface area (Å²) in [6, 6.07) is 12.7. The van der Waals surface area contributed by atoms with Gasteiger partial charge in [-0.05, 0) is 48.9 Å². The molecule has 108 valence electrons. The Bertz CT molecular complexity index is 795. The third-order valence-corrected chi connectivity index (χ3v) is 3.30. The molecular weight excluding hydrogens is 286 g/mol. The van der Waals surface area contributed by atoms with Crippen LogP contribution < -0.4 is 11.1 Å². The summed E-state index contributed by atoms with van der Waals surface area (Å²) < 4.78 is 0. The van der Waals surface area contributed by atoms with Gasteiger partial charge in [0.05, 0.1) is 0 Å². The molecule has 0 saturated carbocycles. The molecule has 0 aliphatic rings. The van der Waals surface area contributed by atoms with Crippen molar-refractivity contribution in [3.63, 3.8) is 0 Å². The quantitative estimate of drug-likeness (QED) is 0.631. The Morgan fingerprint density at radius 2 is 2.00 bits per heavy atom. The zero-order valence-corrected chi connectivity index (χ0v) is 12.3. The summed E-state index contributed by atoms with van der Waals surface area (Å²) in [4.78, 5) is 15.3. The van der Waals surface area contributed by atoms with Gasteiger partial charge in [-0.2, -0.15) is 0 Å². The first-order valence-electron chi connectivity index (χ1n) is 6.38. The molecule has 0 bridgehead atoms. The number of fused-ring (bicyclic) bond motifs is 1. The molecule has 4 N–H and O–H groups in total. The lowest BCUT2D eigenvalue weighted by Gasteiger charge is -2.06. The summed E-state index contributed by atoms with van der Waals surface area (Å²) in [5.41, 5.74) is 9.80. The van der Waals surface area contributed by atoms with Crippen molar-refractivity contribution in [1.29, 1.82) is 0 Å². The maximum Gasteiger partial charge on any atom is 0.255 e. The summed E-state index contributed by atoms with van der Waals surface area (Å²) in [6.07, 6.45) is 1.95. The maximum atomic E-state index is 12.2. The number of nitrogen functional groups attached to an aromatic ring is 1. The Kier molecular flexibility index (Phi) is 4.19. The van der Waals surface area contributed by atoms with Crippen molar-refractivity contribution < 1.29 is 4.79 Å². The van der Waals surface area contributed by atoms with E-state index in [0.29, 0.717) is 11.3 Å². The van der Waals surface area contributed by atoms with Gasteiger partial charge in [0.1, 0.15) is 0 Å². The first-order chi connectivity index (χ1) is 9.63. The number of carbonyl (C=O) groups excluding carboxylic acids is 1. The minimum absolute atomic E-state index is 0. The monoisotopic (exact) mass is 301 g/mol. The molecule has 0 atom stereocenters. The molecule has 1 heterocycles. The molecule has 1 amide bonds. The average Bonchev–Trinajstić information content (AvgIpc) is 2.80. The number of aryl methyl sites for hydroxylation is 1. The third-order valence-electron chi connectivity index (χ3n) is 3.30. The normalized spacial score (nSPS) is 10.1. The zero-order chi connectivity index (χ0) is 14.1. The Morgan fingerprint density at radius 3 is 2.76 bits per heavy atom. The zero-order valence-electron chi connectivity index (χ0n) is 11.5. The number of nitrogens with one attached hydrogen (secondary N) is 2. The number of H-pyrrole nitrogens is 1. The van der Waals surface area contributed by atoms with Crippen molar-refractivity contribution in [3.8, 4) is 0 Å². The van der Waals surface area contributed by atoms with E-state index in [4.69, 9.17) is 5.73 Å². The fraction of sp³-hybridized carbons (Fsp3) is 0.0625. The van der Waals surface area contributed by atoms with Crippen LogP contribution in [0, 0.1) is 6.92 Å². The predicted molar refractivity (Wildman–Crippen MR) is 89.1 cm³/mol. The summed E-state index contributed by atoms with van der Waals surface area (Å²) in [5.74, 6) is -0.162.